The third-order valence-electron chi connectivity index (χ3n) is 3.43. The molecule has 6 nitrogen and oxygen atoms in total. The van der Waals surface area contributed by atoms with Gasteiger partial charge in [0, 0.05) is 17.3 Å². The lowest BCUT2D eigenvalue weighted by molar-refractivity contribution is 0.0267. The van der Waals surface area contributed by atoms with E-state index >= 15 is 0 Å². The van der Waals surface area contributed by atoms with Crippen LogP contribution in [0.3, 0.4) is 0 Å². The minimum Gasteiger partial charge on any atom is -0.486 e. The number of fused-ring (bicyclic) bond motifs is 1. The maximum atomic E-state index is 14.7. The van der Waals surface area contributed by atoms with Gasteiger partial charge in [-0.25, -0.2) is 9.50 Å². The zero-order valence-electron chi connectivity index (χ0n) is 13.5. The first kappa shape index (κ1) is 16.8. The predicted molar refractivity (Wildman–Crippen MR) is 84.8 cm³/mol. The molecule has 0 unspecified atom stereocenters. The number of nitriles is 1. The van der Waals surface area contributed by atoms with E-state index in [1.807, 2.05) is 6.07 Å². The van der Waals surface area contributed by atoms with Crippen molar-refractivity contribution in [3.05, 3.63) is 48.1 Å². The van der Waals surface area contributed by atoms with Crippen molar-refractivity contribution in [1.29, 1.82) is 5.26 Å². The Kier molecular flexibility index (Phi) is 4.10. The first-order chi connectivity index (χ1) is 11.8. The van der Waals surface area contributed by atoms with Gasteiger partial charge in [-0.1, -0.05) is 0 Å². The standard InChI is InChI=1S/C17H14F2N4O2/c1-17(2,24)9-25-13-5-12(10-3-4-14(18)21-7-10)15-11(6-20)8-22-23(15)16(13)19/h3-5,7-8,24H,9H2,1-2H3. The predicted octanol–water partition coefficient (Wildman–Crippen LogP) is 2.70. The molecule has 8 heteroatoms. The molecule has 3 aromatic heterocycles. The Labute approximate surface area is 141 Å². The van der Waals surface area contributed by atoms with Gasteiger partial charge in [0.25, 0.3) is 5.95 Å². The highest BCUT2D eigenvalue weighted by Crippen LogP contribution is 2.32. The van der Waals surface area contributed by atoms with Gasteiger partial charge in [-0.05, 0) is 32.0 Å². The number of halogens is 2. The zero-order valence-corrected chi connectivity index (χ0v) is 13.5. The summed E-state index contributed by atoms with van der Waals surface area (Å²) in [7, 11) is 0. The van der Waals surface area contributed by atoms with Gasteiger partial charge in [0.2, 0.25) is 5.95 Å². The van der Waals surface area contributed by atoms with Crippen molar-refractivity contribution in [3.8, 4) is 22.9 Å². The van der Waals surface area contributed by atoms with Gasteiger partial charge < -0.3 is 9.84 Å². The molecule has 1 N–H and O–H groups in total. The van der Waals surface area contributed by atoms with Crippen molar-refractivity contribution in [2.75, 3.05) is 6.61 Å². The fourth-order valence-corrected chi connectivity index (χ4v) is 2.31. The molecule has 0 aliphatic rings. The fourth-order valence-electron chi connectivity index (χ4n) is 2.31. The van der Waals surface area contributed by atoms with Crippen LogP contribution in [0, 0.1) is 23.2 Å². The molecular formula is C17H14F2N4O2. The third-order valence-corrected chi connectivity index (χ3v) is 3.43. The minimum absolute atomic E-state index is 0.150. The van der Waals surface area contributed by atoms with Crippen molar-refractivity contribution >= 4 is 5.52 Å². The third kappa shape index (κ3) is 3.27. The molecule has 0 saturated heterocycles. The lowest BCUT2D eigenvalue weighted by Crippen LogP contribution is -2.28. The van der Waals surface area contributed by atoms with E-state index < -0.39 is 17.5 Å². The summed E-state index contributed by atoms with van der Waals surface area (Å²) in [5.74, 6) is -1.62. The highest BCUT2D eigenvalue weighted by Gasteiger charge is 2.21. The van der Waals surface area contributed by atoms with Crippen molar-refractivity contribution in [1.82, 2.24) is 14.6 Å². The Bertz CT molecular complexity index is 969. The molecule has 0 fully saturated rings. The van der Waals surface area contributed by atoms with Crippen LogP contribution in [-0.4, -0.2) is 31.9 Å². The molecule has 0 aromatic carbocycles. The number of rotatable bonds is 4. The van der Waals surface area contributed by atoms with E-state index in [0.717, 1.165) is 10.6 Å². The first-order valence-electron chi connectivity index (χ1n) is 7.37. The molecule has 128 valence electrons. The number of pyridine rings is 2. The lowest BCUT2D eigenvalue weighted by Gasteiger charge is -2.19. The van der Waals surface area contributed by atoms with Crippen LogP contribution in [0.25, 0.3) is 16.6 Å². The van der Waals surface area contributed by atoms with Crippen molar-refractivity contribution in [3.63, 3.8) is 0 Å². The minimum atomic E-state index is -1.17. The van der Waals surface area contributed by atoms with Crippen molar-refractivity contribution in [2.45, 2.75) is 19.4 Å². The van der Waals surface area contributed by atoms with Gasteiger partial charge >= 0.3 is 0 Å². The van der Waals surface area contributed by atoms with Gasteiger partial charge in [-0.3, -0.25) is 0 Å². The van der Waals surface area contributed by atoms with Crippen LogP contribution in [0.2, 0.25) is 0 Å². The number of aromatic nitrogens is 3. The molecule has 3 rings (SSSR count). The molecule has 0 aliphatic heterocycles. The maximum absolute atomic E-state index is 14.7. The number of ether oxygens (including phenoxy) is 1. The van der Waals surface area contributed by atoms with Crippen LogP contribution in [-0.2, 0) is 0 Å². The summed E-state index contributed by atoms with van der Waals surface area (Å²) in [6.07, 6.45) is 2.51. The molecule has 0 spiro atoms. The zero-order chi connectivity index (χ0) is 18.2. The quantitative estimate of drug-likeness (QED) is 0.736. The molecule has 3 heterocycles. The number of hydrogen-bond donors (Lipinski definition) is 1. The van der Waals surface area contributed by atoms with E-state index in [1.165, 1.54) is 38.4 Å². The Morgan fingerprint density at radius 3 is 2.68 bits per heavy atom. The number of aliphatic hydroxyl groups is 1. The fraction of sp³-hybridized carbons (Fsp3) is 0.235. The van der Waals surface area contributed by atoms with Crippen LogP contribution >= 0.6 is 0 Å². The summed E-state index contributed by atoms with van der Waals surface area (Å²) in [6.45, 7) is 2.90. The summed E-state index contributed by atoms with van der Waals surface area (Å²) in [5, 5.41) is 22.9. The molecule has 0 atom stereocenters. The second-order valence-corrected chi connectivity index (χ2v) is 6.11. The highest BCUT2D eigenvalue weighted by atomic mass is 19.1. The van der Waals surface area contributed by atoms with Crippen LogP contribution in [0.4, 0.5) is 8.78 Å². The maximum Gasteiger partial charge on any atom is 0.257 e. The summed E-state index contributed by atoms with van der Waals surface area (Å²) < 4.78 is 34.1. The Morgan fingerprint density at radius 2 is 2.08 bits per heavy atom. The van der Waals surface area contributed by atoms with Crippen molar-refractivity contribution in [2.24, 2.45) is 0 Å². The molecule has 25 heavy (non-hydrogen) atoms. The number of hydrogen-bond acceptors (Lipinski definition) is 5. The SMILES string of the molecule is CC(C)(O)COc1cc(-c2ccc(F)nc2)c2c(C#N)cnn2c1F. The average molecular weight is 344 g/mol. The Hall–Kier alpha value is -3.05. The van der Waals surface area contributed by atoms with Gasteiger partial charge in [0.15, 0.2) is 5.75 Å². The van der Waals surface area contributed by atoms with Crippen molar-refractivity contribution < 1.29 is 18.6 Å². The van der Waals surface area contributed by atoms with Gasteiger partial charge in [0.05, 0.1) is 22.9 Å². The molecule has 0 amide bonds. The highest BCUT2D eigenvalue weighted by molar-refractivity contribution is 5.85. The number of nitrogens with zero attached hydrogens (tertiary/aromatic N) is 4. The topological polar surface area (TPSA) is 83.4 Å². The molecule has 0 aliphatic carbocycles. The smallest absolute Gasteiger partial charge is 0.257 e. The summed E-state index contributed by atoms with van der Waals surface area (Å²) >= 11 is 0. The second kappa shape index (κ2) is 6.11. The van der Waals surface area contributed by atoms with E-state index in [4.69, 9.17) is 4.74 Å². The monoisotopic (exact) mass is 344 g/mol. The van der Waals surface area contributed by atoms with E-state index in [2.05, 4.69) is 10.1 Å². The largest absolute Gasteiger partial charge is 0.486 e. The van der Waals surface area contributed by atoms with E-state index in [-0.39, 0.29) is 23.4 Å². The normalized spacial score (nSPS) is 11.5. The van der Waals surface area contributed by atoms with Gasteiger partial charge in [0.1, 0.15) is 12.7 Å². The van der Waals surface area contributed by atoms with Crippen LogP contribution < -0.4 is 4.74 Å². The second-order valence-electron chi connectivity index (χ2n) is 6.11. The van der Waals surface area contributed by atoms with E-state index in [9.17, 15) is 19.1 Å². The van der Waals surface area contributed by atoms with Gasteiger partial charge in [-0.15, -0.1) is 0 Å². The molecule has 3 aromatic rings. The molecular weight excluding hydrogens is 330 g/mol. The van der Waals surface area contributed by atoms with Crippen LogP contribution in [0.15, 0.2) is 30.6 Å². The summed E-state index contributed by atoms with van der Waals surface area (Å²) in [5.41, 5.74) is 0.0995. The van der Waals surface area contributed by atoms with Crippen LogP contribution in [0.5, 0.6) is 5.75 Å². The van der Waals surface area contributed by atoms with Crippen LogP contribution in [0.1, 0.15) is 19.4 Å². The van der Waals surface area contributed by atoms with E-state index in [1.54, 1.807) is 0 Å². The van der Waals surface area contributed by atoms with Gasteiger partial charge in [-0.2, -0.15) is 19.1 Å². The summed E-state index contributed by atoms with van der Waals surface area (Å²) in [6, 6.07) is 5.96. The molecule has 0 bridgehead atoms. The molecule has 0 radical (unpaired) electrons. The lowest BCUT2D eigenvalue weighted by atomic mass is 10.1. The van der Waals surface area contributed by atoms with E-state index in [0.29, 0.717) is 11.1 Å². The summed E-state index contributed by atoms with van der Waals surface area (Å²) in [4.78, 5) is 3.59. The molecule has 0 saturated carbocycles. The first-order valence-corrected chi connectivity index (χ1v) is 7.37. The Balaban J connectivity index is 2.22. The average Bonchev–Trinajstić information content (AvgIpc) is 2.99. The Morgan fingerprint density at radius 1 is 1.32 bits per heavy atom.